The lowest BCUT2D eigenvalue weighted by molar-refractivity contribution is 0.0595. The average molecular weight is 251 g/mol. The molecule has 0 aliphatic carbocycles. The first-order valence-corrected chi connectivity index (χ1v) is 5.58. The summed E-state index contributed by atoms with van der Waals surface area (Å²) in [6.07, 6.45) is -0.0773. The number of benzene rings is 1. The van der Waals surface area contributed by atoms with E-state index in [0.717, 1.165) is 0 Å². The molecular formula is C13H14FNO3. The van der Waals surface area contributed by atoms with E-state index in [4.69, 9.17) is 4.74 Å². The highest BCUT2D eigenvalue weighted by Crippen LogP contribution is 2.29. The molecule has 0 saturated heterocycles. The van der Waals surface area contributed by atoms with Crippen molar-refractivity contribution in [3.63, 3.8) is 0 Å². The Bertz CT molecular complexity index is 589. The van der Waals surface area contributed by atoms with Crippen LogP contribution in [0.4, 0.5) is 4.39 Å². The summed E-state index contributed by atoms with van der Waals surface area (Å²) in [7, 11) is 1.29. The van der Waals surface area contributed by atoms with Crippen LogP contribution in [0.25, 0.3) is 10.9 Å². The van der Waals surface area contributed by atoms with Crippen molar-refractivity contribution in [3.05, 3.63) is 29.7 Å². The maximum Gasteiger partial charge on any atom is 0.354 e. The molecule has 2 aromatic rings. The highest BCUT2D eigenvalue weighted by Gasteiger charge is 2.14. The van der Waals surface area contributed by atoms with Gasteiger partial charge >= 0.3 is 5.97 Å². The number of ether oxygens (including phenoxy) is 2. The van der Waals surface area contributed by atoms with Gasteiger partial charge in [0, 0.05) is 11.5 Å². The molecule has 96 valence electrons. The summed E-state index contributed by atoms with van der Waals surface area (Å²) in [5.74, 6) is -0.509. The zero-order chi connectivity index (χ0) is 13.3. The van der Waals surface area contributed by atoms with Crippen molar-refractivity contribution in [2.24, 2.45) is 0 Å². The Kier molecular flexibility index (Phi) is 3.23. The van der Waals surface area contributed by atoms with E-state index in [2.05, 4.69) is 9.72 Å². The molecule has 0 bridgehead atoms. The van der Waals surface area contributed by atoms with Gasteiger partial charge in [-0.2, -0.15) is 0 Å². The number of fused-ring (bicyclic) bond motifs is 1. The lowest BCUT2D eigenvalue weighted by Gasteiger charge is -2.10. The molecule has 0 spiro atoms. The summed E-state index contributed by atoms with van der Waals surface area (Å²) >= 11 is 0. The molecule has 0 saturated carbocycles. The van der Waals surface area contributed by atoms with E-state index >= 15 is 0 Å². The van der Waals surface area contributed by atoms with Crippen LogP contribution in [-0.4, -0.2) is 24.2 Å². The van der Waals surface area contributed by atoms with Crippen LogP contribution in [-0.2, 0) is 4.74 Å². The molecular weight excluding hydrogens is 237 g/mol. The molecule has 5 heteroatoms. The molecule has 0 fully saturated rings. The van der Waals surface area contributed by atoms with Gasteiger partial charge in [0.2, 0.25) is 0 Å². The lowest BCUT2D eigenvalue weighted by atomic mass is 10.2. The van der Waals surface area contributed by atoms with Gasteiger partial charge in [-0.05, 0) is 26.0 Å². The standard InChI is InChI=1S/C13H14FNO3/c1-7(2)18-12-5-8(14)4-10-9(12)6-11(15-10)13(16)17-3/h4-7,15H,1-3H3. The summed E-state index contributed by atoms with van der Waals surface area (Å²) in [5, 5.41) is 0.658. The van der Waals surface area contributed by atoms with Gasteiger partial charge in [-0.25, -0.2) is 9.18 Å². The van der Waals surface area contributed by atoms with Crippen molar-refractivity contribution >= 4 is 16.9 Å². The Morgan fingerprint density at radius 3 is 2.67 bits per heavy atom. The number of hydrogen-bond acceptors (Lipinski definition) is 3. The van der Waals surface area contributed by atoms with E-state index in [9.17, 15) is 9.18 Å². The monoisotopic (exact) mass is 251 g/mol. The van der Waals surface area contributed by atoms with Crippen molar-refractivity contribution < 1.29 is 18.7 Å². The summed E-state index contributed by atoms with van der Waals surface area (Å²) in [6.45, 7) is 3.70. The number of aromatic nitrogens is 1. The van der Waals surface area contributed by atoms with Crippen LogP contribution in [0.2, 0.25) is 0 Å². The van der Waals surface area contributed by atoms with Crippen LogP contribution in [0.3, 0.4) is 0 Å². The second-order valence-corrected chi connectivity index (χ2v) is 4.21. The molecule has 0 aliphatic heterocycles. The number of halogens is 1. The molecule has 0 radical (unpaired) electrons. The summed E-state index contributed by atoms with van der Waals surface area (Å²) in [4.78, 5) is 14.2. The predicted octanol–water partition coefficient (Wildman–Crippen LogP) is 2.88. The number of methoxy groups -OCH3 is 1. The van der Waals surface area contributed by atoms with Crippen molar-refractivity contribution in [1.82, 2.24) is 4.98 Å². The van der Waals surface area contributed by atoms with E-state index in [-0.39, 0.29) is 11.8 Å². The smallest absolute Gasteiger partial charge is 0.354 e. The number of carbonyl (C=O) groups is 1. The van der Waals surface area contributed by atoms with Crippen molar-refractivity contribution in [3.8, 4) is 5.75 Å². The third-order valence-corrected chi connectivity index (χ3v) is 2.43. The third kappa shape index (κ3) is 2.30. The third-order valence-electron chi connectivity index (χ3n) is 2.43. The minimum Gasteiger partial charge on any atom is -0.490 e. The molecule has 1 aromatic carbocycles. The maximum atomic E-state index is 13.4. The zero-order valence-corrected chi connectivity index (χ0v) is 10.4. The van der Waals surface area contributed by atoms with Crippen LogP contribution >= 0.6 is 0 Å². The number of rotatable bonds is 3. The number of esters is 1. The lowest BCUT2D eigenvalue weighted by Crippen LogP contribution is -2.05. The molecule has 4 nitrogen and oxygen atoms in total. The van der Waals surface area contributed by atoms with Gasteiger partial charge in [-0.3, -0.25) is 0 Å². The number of H-pyrrole nitrogens is 1. The Morgan fingerprint density at radius 1 is 1.33 bits per heavy atom. The average Bonchev–Trinajstić information content (AvgIpc) is 2.70. The Hall–Kier alpha value is -2.04. The summed E-state index contributed by atoms with van der Waals surface area (Å²) in [6, 6.07) is 4.21. The van der Waals surface area contributed by atoms with Gasteiger partial charge in [0.05, 0.1) is 18.7 Å². The van der Waals surface area contributed by atoms with Gasteiger partial charge in [-0.15, -0.1) is 0 Å². The Morgan fingerprint density at radius 2 is 2.06 bits per heavy atom. The minimum atomic E-state index is -0.498. The first-order chi connectivity index (χ1) is 8.51. The van der Waals surface area contributed by atoms with Crippen LogP contribution < -0.4 is 4.74 Å². The molecule has 1 N–H and O–H groups in total. The van der Waals surface area contributed by atoms with Crippen molar-refractivity contribution in [2.75, 3.05) is 7.11 Å². The minimum absolute atomic E-state index is 0.0773. The number of nitrogens with one attached hydrogen (secondary N) is 1. The second kappa shape index (κ2) is 4.68. The molecule has 0 atom stereocenters. The van der Waals surface area contributed by atoms with Crippen LogP contribution in [0.15, 0.2) is 18.2 Å². The predicted molar refractivity (Wildman–Crippen MR) is 65.4 cm³/mol. The van der Waals surface area contributed by atoms with E-state index in [1.807, 2.05) is 13.8 Å². The van der Waals surface area contributed by atoms with Crippen LogP contribution in [0, 0.1) is 5.82 Å². The van der Waals surface area contributed by atoms with E-state index < -0.39 is 11.8 Å². The number of carbonyl (C=O) groups excluding carboxylic acids is 1. The van der Waals surface area contributed by atoms with Crippen LogP contribution in [0.1, 0.15) is 24.3 Å². The Labute approximate surface area is 104 Å². The van der Waals surface area contributed by atoms with Gasteiger partial charge in [-0.1, -0.05) is 0 Å². The highest BCUT2D eigenvalue weighted by molar-refractivity contribution is 5.97. The highest BCUT2D eigenvalue weighted by atomic mass is 19.1. The molecule has 0 unspecified atom stereocenters. The first-order valence-electron chi connectivity index (χ1n) is 5.58. The van der Waals surface area contributed by atoms with Gasteiger partial charge < -0.3 is 14.5 Å². The quantitative estimate of drug-likeness (QED) is 0.853. The van der Waals surface area contributed by atoms with E-state index in [0.29, 0.717) is 16.7 Å². The summed E-state index contributed by atoms with van der Waals surface area (Å²) in [5.41, 5.74) is 0.776. The molecule has 0 amide bonds. The zero-order valence-electron chi connectivity index (χ0n) is 10.4. The molecule has 0 aliphatic rings. The fourth-order valence-electron chi connectivity index (χ4n) is 1.74. The van der Waals surface area contributed by atoms with E-state index in [1.54, 1.807) is 6.07 Å². The molecule has 18 heavy (non-hydrogen) atoms. The van der Waals surface area contributed by atoms with Crippen molar-refractivity contribution in [2.45, 2.75) is 20.0 Å². The van der Waals surface area contributed by atoms with Gasteiger partial charge in [0.25, 0.3) is 0 Å². The molecule has 1 heterocycles. The molecule has 2 rings (SSSR count). The maximum absolute atomic E-state index is 13.4. The fourth-order valence-corrected chi connectivity index (χ4v) is 1.74. The number of aromatic amines is 1. The van der Waals surface area contributed by atoms with Gasteiger partial charge in [0.15, 0.2) is 0 Å². The largest absolute Gasteiger partial charge is 0.490 e. The topological polar surface area (TPSA) is 51.3 Å². The van der Waals surface area contributed by atoms with Gasteiger partial charge in [0.1, 0.15) is 17.3 Å². The van der Waals surface area contributed by atoms with E-state index in [1.165, 1.54) is 19.2 Å². The summed E-state index contributed by atoms with van der Waals surface area (Å²) < 4.78 is 23.6. The molecule has 1 aromatic heterocycles. The Balaban J connectivity index is 2.56. The van der Waals surface area contributed by atoms with Crippen LogP contribution in [0.5, 0.6) is 5.75 Å². The fraction of sp³-hybridized carbons (Fsp3) is 0.308. The SMILES string of the molecule is COC(=O)c1cc2c(OC(C)C)cc(F)cc2[nH]1. The van der Waals surface area contributed by atoms with Crippen molar-refractivity contribution in [1.29, 1.82) is 0 Å². The normalized spacial score (nSPS) is 10.9. The number of hydrogen-bond donors (Lipinski definition) is 1. The first kappa shape index (κ1) is 12.4. The second-order valence-electron chi connectivity index (χ2n) is 4.21.